The highest BCUT2D eigenvalue weighted by atomic mass is 32.1. The van der Waals surface area contributed by atoms with Crippen molar-refractivity contribution in [3.63, 3.8) is 0 Å². The summed E-state index contributed by atoms with van der Waals surface area (Å²) >= 11 is 5.81. The van der Waals surface area contributed by atoms with E-state index in [1.165, 1.54) is 0 Å². The normalized spacial score (nSPS) is 22.8. The second-order valence-electron chi connectivity index (χ2n) is 8.14. The highest BCUT2D eigenvalue weighted by Crippen LogP contribution is 2.40. The lowest BCUT2D eigenvalue weighted by molar-refractivity contribution is 0.0836. The molecule has 6 nitrogen and oxygen atoms in total. The maximum absolute atomic E-state index is 5.96. The number of hydrogen-bond acceptors (Lipinski definition) is 4. The number of rotatable bonds is 7. The van der Waals surface area contributed by atoms with Gasteiger partial charge in [-0.05, 0) is 80.5 Å². The third kappa shape index (κ3) is 4.10. The number of nitrogens with zero attached hydrogens (tertiary/aromatic N) is 3. The standard InChI is InChI=1S/C25H28N4O2S/c1-2-30-19-12-10-18(11-13-19)28-15-5-9-22(28)24-23(21-8-3-4-14-26-21)27-25(32)29(24)17-20-7-6-16-31-20/h3-5,8-15,20,23-24H,2,6-7,16-17H2,1H3,(H,27,32)/t20-,23-,24-/m1/s1. The van der Waals surface area contributed by atoms with Crippen molar-refractivity contribution in [1.29, 1.82) is 0 Å². The van der Waals surface area contributed by atoms with Crippen molar-refractivity contribution in [1.82, 2.24) is 19.8 Å². The van der Waals surface area contributed by atoms with Gasteiger partial charge in [0.2, 0.25) is 0 Å². The third-order valence-corrected chi connectivity index (χ3v) is 6.48. The molecule has 1 N–H and O–H groups in total. The van der Waals surface area contributed by atoms with Crippen LogP contribution in [-0.4, -0.2) is 45.4 Å². The average Bonchev–Trinajstić information content (AvgIpc) is 3.57. The second-order valence-corrected chi connectivity index (χ2v) is 8.53. The lowest BCUT2D eigenvalue weighted by Gasteiger charge is -2.30. The molecule has 2 aliphatic heterocycles. The first-order valence-electron chi connectivity index (χ1n) is 11.2. The Bertz CT molecular complexity index is 1050. The van der Waals surface area contributed by atoms with Crippen LogP contribution in [0.15, 0.2) is 67.0 Å². The Morgan fingerprint density at radius 2 is 2.03 bits per heavy atom. The van der Waals surface area contributed by atoms with Crippen LogP contribution in [0.1, 0.15) is 43.2 Å². The van der Waals surface area contributed by atoms with Gasteiger partial charge in [0.05, 0.1) is 30.5 Å². The molecule has 4 heterocycles. The number of thiocarbonyl (C=S) groups is 1. The Kier molecular flexibility index (Phi) is 6.10. The highest BCUT2D eigenvalue weighted by Gasteiger charge is 2.42. The summed E-state index contributed by atoms with van der Waals surface area (Å²) in [6, 6.07) is 18.5. The molecule has 2 saturated heterocycles. The van der Waals surface area contributed by atoms with E-state index >= 15 is 0 Å². The van der Waals surface area contributed by atoms with Crippen LogP contribution in [0.3, 0.4) is 0 Å². The monoisotopic (exact) mass is 448 g/mol. The Morgan fingerprint density at radius 1 is 1.16 bits per heavy atom. The molecule has 1 aromatic carbocycles. The first-order valence-corrected chi connectivity index (χ1v) is 11.7. The zero-order valence-corrected chi connectivity index (χ0v) is 19.0. The predicted octanol–water partition coefficient (Wildman–Crippen LogP) is 4.42. The van der Waals surface area contributed by atoms with Gasteiger partial charge in [-0.15, -0.1) is 0 Å². The molecule has 2 aliphatic rings. The number of ether oxygens (including phenoxy) is 2. The van der Waals surface area contributed by atoms with E-state index in [0.717, 1.165) is 53.9 Å². The molecule has 0 saturated carbocycles. The number of benzene rings is 1. The fourth-order valence-electron chi connectivity index (χ4n) is 4.67. The Labute approximate surface area is 194 Å². The van der Waals surface area contributed by atoms with Crippen molar-refractivity contribution in [3.05, 3.63) is 78.4 Å². The molecule has 3 atom stereocenters. The Morgan fingerprint density at radius 3 is 2.75 bits per heavy atom. The van der Waals surface area contributed by atoms with Crippen LogP contribution in [0.4, 0.5) is 0 Å². The Balaban J connectivity index is 1.53. The second kappa shape index (κ2) is 9.30. The molecule has 166 valence electrons. The summed E-state index contributed by atoms with van der Waals surface area (Å²) < 4.78 is 13.8. The van der Waals surface area contributed by atoms with Gasteiger partial charge in [0.15, 0.2) is 5.11 Å². The van der Waals surface area contributed by atoms with Gasteiger partial charge in [-0.25, -0.2) is 0 Å². The van der Waals surface area contributed by atoms with Crippen LogP contribution in [0.5, 0.6) is 5.75 Å². The molecule has 0 amide bonds. The van der Waals surface area contributed by atoms with Gasteiger partial charge in [-0.1, -0.05) is 6.07 Å². The number of pyridine rings is 1. The van der Waals surface area contributed by atoms with E-state index < -0.39 is 0 Å². The van der Waals surface area contributed by atoms with E-state index in [2.05, 4.69) is 56.3 Å². The SMILES string of the molecule is CCOc1ccc(-n2cccc2[C@@H]2[C@@H](c3ccccn3)NC(=S)N2C[C@H]2CCCO2)cc1. The van der Waals surface area contributed by atoms with Gasteiger partial charge < -0.3 is 24.3 Å². The van der Waals surface area contributed by atoms with Crippen LogP contribution in [0.25, 0.3) is 5.69 Å². The molecule has 0 bridgehead atoms. The molecule has 0 spiro atoms. The number of hydrogen-bond donors (Lipinski definition) is 1. The molecule has 0 radical (unpaired) electrons. The fourth-order valence-corrected chi connectivity index (χ4v) is 4.99. The van der Waals surface area contributed by atoms with Crippen LogP contribution in [0.2, 0.25) is 0 Å². The molecule has 2 aromatic heterocycles. The summed E-state index contributed by atoms with van der Waals surface area (Å²) in [6.07, 6.45) is 6.32. The minimum Gasteiger partial charge on any atom is -0.494 e. The van der Waals surface area contributed by atoms with Crippen LogP contribution >= 0.6 is 12.2 Å². The largest absolute Gasteiger partial charge is 0.494 e. The van der Waals surface area contributed by atoms with Crippen LogP contribution < -0.4 is 10.1 Å². The van der Waals surface area contributed by atoms with Crippen molar-refractivity contribution in [2.75, 3.05) is 19.8 Å². The van der Waals surface area contributed by atoms with Gasteiger partial charge in [-0.2, -0.15) is 0 Å². The van der Waals surface area contributed by atoms with Gasteiger partial charge in [-0.3, -0.25) is 4.98 Å². The lowest BCUT2D eigenvalue weighted by Crippen LogP contribution is -2.36. The van der Waals surface area contributed by atoms with Crippen molar-refractivity contribution in [3.8, 4) is 11.4 Å². The van der Waals surface area contributed by atoms with Crippen LogP contribution in [0, 0.1) is 0 Å². The molecule has 7 heteroatoms. The predicted molar refractivity (Wildman–Crippen MR) is 128 cm³/mol. The van der Waals surface area contributed by atoms with Gasteiger partial charge in [0.1, 0.15) is 5.75 Å². The van der Waals surface area contributed by atoms with E-state index in [0.29, 0.717) is 6.61 Å². The highest BCUT2D eigenvalue weighted by molar-refractivity contribution is 7.80. The summed E-state index contributed by atoms with van der Waals surface area (Å²) in [5.41, 5.74) is 3.23. The summed E-state index contributed by atoms with van der Waals surface area (Å²) in [6.45, 7) is 4.25. The van der Waals surface area contributed by atoms with Gasteiger partial charge in [0, 0.05) is 36.9 Å². The number of nitrogens with one attached hydrogen (secondary N) is 1. The zero-order valence-electron chi connectivity index (χ0n) is 18.2. The molecule has 0 aliphatic carbocycles. The zero-order chi connectivity index (χ0) is 21.9. The van der Waals surface area contributed by atoms with Gasteiger partial charge >= 0.3 is 0 Å². The summed E-state index contributed by atoms with van der Waals surface area (Å²) in [5, 5.41) is 4.29. The number of aromatic nitrogens is 2. The van der Waals surface area contributed by atoms with Crippen molar-refractivity contribution in [2.24, 2.45) is 0 Å². The van der Waals surface area contributed by atoms with E-state index in [4.69, 9.17) is 21.7 Å². The van der Waals surface area contributed by atoms with E-state index in [1.807, 2.05) is 37.4 Å². The van der Waals surface area contributed by atoms with Crippen molar-refractivity contribution < 1.29 is 9.47 Å². The summed E-state index contributed by atoms with van der Waals surface area (Å²) in [4.78, 5) is 6.93. The van der Waals surface area contributed by atoms with Crippen molar-refractivity contribution >= 4 is 17.3 Å². The van der Waals surface area contributed by atoms with Crippen LogP contribution in [-0.2, 0) is 4.74 Å². The molecule has 0 unspecified atom stereocenters. The quantitative estimate of drug-likeness (QED) is 0.540. The summed E-state index contributed by atoms with van der Waals surface area (Å²) in [7, 11) is 0. The Hall–Kier alpha value is -2.90. The lowest BCUT2D eigenvalue weighted by atomic mass is 10.0. The topological polar surface area (TPSA) is 51.5 Å². The van der Waals surface area contributed by atoms with E-state index in [1.54, 1.807) is 0 Å². The van der Waals surface area contributed by atoms with Gasteiger partial charge in [0.25, 0.3) is 0 Å². The maximum atomic E-state index is 5.96. The van der Waals surface area contributed by atoms with E-state index in [9.17, 15) is 0 Å². The van der Waals surface area contributed by atoms with Crippen molar-refractivity contribution in [2.45, 2.75) is 38.0 Å². The average molecular weight is 449 g/mol. The summed E-state index contributed by atoms with van der Waals surface area (Å²) in [5.74, 6) is 0.875. The smallest absolute Gasteiger partial charge is 0.170 e. The molecule has 2 fully saturated rings. The molecule has 3 aromatic rings. The minimum absolute atomic E-state index is 0.00293. The molecular formula is C25H28N4O2S. The fraction of sp³-hybridized carbons (Fsp3) is 0.360. The first kappa shape index (κ1) is 21.0. The molecule has 5 rings (SSSR count). The maximum Gasteiger partial charge on any atom is 0.170 e. The van der Waals surface area contributed by atoms with E-state index in [-0.39, 0.29) is 18.2 Å². The first-order chi connectivity index (χ1) is 15.7. The molecule has 32 heavy (non-hydrogen) atoms. The molecular weight excluding hydrogens is 420 g/mol. The third-order valence-electron chi connectivity index (χ3n) is 6.13. The minimum atomic E-state index is -0.0403.